The lowest BCUT2D eigenvalue weighted by atomic mass is 9.91. The fraction of sp³-hybridized carbons (Fsp3) is 0.283. The van der Waals surface area contributed by atoms with Gasteiger partial charge in [-0.3, -0.25) is 29.3 Å². The van der Waals surface area contributed by atoms with E-state index in [-0.39, 0.29) is 48.7 Å². The van der Waals surface area contributed by atoms with Gasteiger partial charge in [0, 0.05) is 91.7 Å². The maximum absolute atomic E-state index is 13.3. The van der Waals surface area contributed by atoms with E-state index in [2.05, 4.69) is 76.8 Å². The molecule has 0 bridgehead atoms. The molecule has 1 unspecified atom stereocenters. The average molecular weight is 956 g/mol. The van der Waals surface area contributed by atoms with Gasteiger partial charge in [-0.15, -0.1) is 0 Å². The molecule has 3 saturated heterocycles. The number of imide groups is 1. The number of hydrogen-bond acceptors (Lipinski definition) is 13. The van der Waals surface area contributed by atoms with Crippen LogP contribution in [0.15, 0.2) is 132 Å². The molecule has 4 aliphatic heterocycles. The van der Waals surface area contributed by atoms with E-state index in [1.165, 1.54) is 16.7 Å². The van der Waals surface area contributed by atoms with E-state index >= 15 is 0 Å². The van der Waals surface area contributed by atoms with Crippen molar-refractivity contribution in [3.63, 3.8) is 0 Å². The Labute approximate surface area is 410 Å². The van der Waals surface area contributed by atoms with Crippen molar-refractivity contribution in [1.82, 2.24) is 30.5 Å². The van der Waals surface area contributed by atoms with Crippen LogP contribution in [0, 0.1) is 0 Å². The fourth-order valence-corrected chi connectivity index (χ4v) is 10.1. The van der Waals surface area contributed by atoms with Crippen molar-refractivity contribution in [2.75, 3.05) is 59.3 Å². The Morgan fingerprint density at radius 2 is 1.47 bits per heavy atom. The Kier molecular flexibility index (Phi) is 13.0. The number of nitrogens with one attached hydrogen (secondary N) is 3. The first kappa shape index (κ1) is 46.1. The average Bonchev–Trinajstić information content (AvgIpc) is 3.70. The third-order valence-electron chi connectivity index (χ3n) is 13.5. The van der Waals surface area contributed by atoms with Crippen LogP contribution in [0.5, 0.6) is 0 Å². The van der Waals surface area contributed by atoms with E-state index < -0.39 is 11.9 Å². The number of carbonyl (C=O) groups excluding carboxylic acids is 5. The van der Waals surface area contributed by atoms with Crippen LogP contribution in [0.25, 0.3) is 11.1 Å². The van der Waals surface area contributed by atoms with Crippen LogP contribution in [0.1, 0.15) is 74.9 Å². The highest BCUT2D eigenvalue weighted by Gasteiger charge is 2.39. The van der Waals surface area contributed by atoms with Crippen LogP contribution in [0.2, 0.25) is 0 Å². The lowest BCUT2D eigenvalue weighted by Crippen LogP contribution is -2.52. The number of aromatic nitrogens is 3. The number of pyridine rings is 1. The third kappa shape index (κ3) is 10.4. The van der Waals surface area contributed by atoms with Crippen molar-refractivity contribution < 1.29 is 24.0 Å². The Morgan fingerprint density at radius 3 is 2.16 bits per heavy atom. The van der Waals surface area contributed by atoms with Crippen LogP contribution >= 0.6 is 11.8 Å². The highest BCUT2D eigenvalue weighted by molar-refractivity contribution is 7.99. The molecule has 356 valence electrons. The quantitative estimate of drug-likeness (QED) is 0.100. The van der Waals surface area contributed by atoms with E-state index in [9.17, 15) is 24.0 Å². The monoisotopic (exact) mass is 955 g/mol. The number of carbonyl (C=O) groups is 5. The van der Waals surface area contributed by atoms with E-state index in [1.54, 1.807) is 30.6 Å². The standard InChI is InChI=1S/C53H53N11O5S/c1-53(54)19-21-63(22-20-53)46-31-57-48(32-56-46)70-42-4-2-3-39(28-42)59-49(66)37-8-6-35(7-9-37)36-10-12-40(13-11-36)61-23-25-62(26-24-61)41-14-16-44(55-30-41)50(67)58-29-34-5-15-43-38(27-34)33-64(52(43)69)45-17-18-47(65)60-51(45)68/h2-16,27-28,30-32,45H,17-26,29,33,54H2,1H3,(H,58,67)(H,59,66)(H,60,65,68). The molecule has 5 N–H and O–H groups in total. The van der Waals surface area contributed by atoms with Gasteiger partial charge in [-0.1, -0.05) is 54.2 Å². The minimum atomic E-state index is -0.678. The van der Waals surface area contributed by atoms with E-state index in [1.807, 2.05) is 66.9 Å². The van der Waals surface area contributed by atoms with E-state index in [0.717, 1.165) is 101 Å². The van der Waals surface area contributed by atoms with Crippen molar-refractivity contribution in [2.45, 2.75) is 67.2 Å². The van der Waals surface area contributed by atoms with Crippen LogP contribution < -0.4 is 36.4 Å². The zero-order valence-electron chi connectivity index (χ0n) is 38.8. The number of rotatable bonds is 12. The van der Waals surface area contributed by atoms with Gasteiger partial charge in [-0.25, -0.2) is 15.0 Å². The summed E-state index contributed by atoms with van der Waals surface area (Å²) in [5.74, 6) is -0.640. The summed E-state index contributed by atoms with van der Waals surface area (Å²) in [6.45, 7) is 7.57. The Hall–Kier alpha value is -7.63. The zero-order chi connectivity index (χ0) is 48.4. The highest BCUT2D eigenvalue weighted by atomic mass is 32.2. The number of anilines is 4. The molecule has 70 heavy (non-hydrogen) atoms. The van der Waals surface area contributed by atoms with Gasteiger partial charge in [0.05, 0.1) is 24.3 Å². The smallest absolute Gasteiger partial charge is 0.270 e. The molecule has 0 radical (unpaired) electrons. The van der Waals surface area contributed by atoms with Gasteiger partial charge in [0.2, 0.25) is 11.8 Å². The second-order valence-corrected chi connectivity index (χ2v) is 19.6. The summed E-state index contributed by atoms with van der Waals surface area (Å²) in [4.78, 5) is 86.5. The number of piperazine rings is 1. The van der Waals surface area contributed by atoms with Crippen molar-refractivity contribution in [1.29, 1.82) is 0 Å². The number of piperidine rings is 2. The number of nitrogens with zero attached hydrogens (tertiary/aromatic N) is 7. The third-order valence-corrected chi connectivity index (χ3v) is 14.4. The van der Waals surface area contributed by atoms with Gasteiger partial charge in [0.1, 0.15) is 22.6 Å². The van der Waals surface area contributed by atoms with Crippen molar-refractivity contribution in [2.24, 2.45) is 5.73 Å². The fourth-order valence-electron chi connectivity index (χ4n) is 9.35. The van der Waals surface area contributed by atoms with Crippen molar-refractivity contribution in [3.05, 3.63) is 150 Å². The van der Waals surface area contributed by atoms with Gasteiger partial charge in [0.15, 0.2) is 0 Å². The van der Waals surface area contributed by atoms with Gasteiger partial charge >= 0.3 is 0 Å². The van der Waals surface area contributed by atoms with Crippen LogP contribution in [0.3, 0.4) is 0 Å². The summed E-state index contributed by atoms with van der Waals surface area (Å²) < 4.78 is 0. The first-order chi connectivity index (χ1) is 33.9. The highest BCUT2D eigenvalue weighted by Crippen LogP contribution is 2.32. The minimum Gasteiger partial charge on any atom is -0.368 e. The molecule has 2 aromatic heterocycles. The summed E-state index contributed by atoms with van der Waals surface area (Å²) >= 11 is 1.50. The largest absolute Gasteiger partial charge is 0.368 e. The molecule has 0 spiro atoms. The number of amides is 5. The van der Waals surface area contributed by atoms with E-state index in [0.29, 0.717) is 28.9 Å². The summed E-state index contributed by atoms with van der Waals surface area (Å²) in [5, 5.41) is 9.07. The molecule has 4 aliphatic rings. The van der Waals surface area contributed by atoms with Gasteiger partial charge in [0.25, 0.3) is 17.7 Å². The molecule has 6 aromatic rings. The molecule has 5 amide bonds. The molecule has 3 fully saturated rings. The maximum atomic E-state index is 13.3. The predicted octanol–water partition coefficient (Wildman–Crippen LogP) is 6.28. The molecule has 10 rings (SSSR count). The van der Waals surface area contributed by atoms with Gasteiger partial charge in [-0.05, 0) is 109 Å². The van der Waals surface area contributed by atoms with Gasteiger partial charge in [-0.2, -0.15) is 0 Å². The SMILES string of the molecule is CC1(N)CCN(c2cnc(Sc3cccc(NC(=O)c4ccc(-c5ccc(N6CCN(c7ccc(C(=O)NCc8ccc9c(c8)CN(C8CCC(=O)NC8=O)C9=O)nc7)CC6)cc5)cc4)c3)cn2)CC1. The van der Waals surface area contributed by atoms with Crippen LogP contribution in [-0.4, -0.2) is 100 Å². The molecule has 17 heteroatoms. The first-order valence-electron chi connectivity index (χ1n) is 23.6. The first-order valence-corrected chi connectivity index (χ1v) is 24.4. The predicted molar refractivity (Wildman–Crippen MR) is 269 cm³/mol. The number of fused-ring (bicyclic) bond motifs is 1. The maximum Gasteiger partial charge on any atom is 0.270 e. The second kappa shape index (κ2) is 19.8. The molecule has 0 saturated carbocycles. The van der Waals surface area contributed by atoms with Crippen molar-refractivity contribution in [3.8, 4) is 11.1 Å². The molecule has 6 heterocycles. The molecular weight excluding hydrogens is 903 g/mol. The Balaban J connectivity index is 0.667. The van der Waals surface area contributed by atoms with Crippen LogP contribution in [0.4, 0.5) is 22.9 Å². The second-order valence-electron chi connectivity index (χ2n) is 18.5. The molecule has 1 atom stereocenters. The van der Waals surface area contributed by atoms with E-state index in [4.69, 9.17) is 5.73 Å². The zero-order valence-corrected chi connectivity index (χ0v) is 39.6. The summed E-state index contributed by atoms with van der Waals surface area (Å²) in [5.41, 5.74) is 14.0. The Morgan fingerprint density at radius 1 is 0.757 bits per heavy atom. The molecule has 16 nitrogen and oxygen atoms in total. The normalized spacial score (nSPS) is 17.8. The van der Waals surface area contributed by atoms with Gasteiger partial charge < -0.3 is 36.0 Å². The topological polar surface area (TPSA) is 199 Å². The summed E-state index contributed by atoms with van der Waals surface area (Å²) in [6, 6.07) is 32.2. The molecular formula is C53H53N11O5S. The molecule has 0 aliphatic carbocycles. The number of benzene rings is 4. The lowest BCUT2D eigenvalue weighted by Gasteiger charge is -2.37. The lowest BCUT2D eigenvalue weighted by molar-refractivity contribution is -0.136. The van der Waals surface area contributed by atoms with Crippen LogP contribution in [-0.2, 0) is 22.7 Å². The molecule has 4 aromatic carbocycles. The summed E-state index contributed by atoms with van der Waals surface area (Å²) in [6.07, 6.45) is 7.68. The Bertz CT molecular complexity index is 2930. The summed E-state index contributed by atoms with van der Waals surface area (Å²) in [7, 11) is 0. The van der Waals surface area contributed by atoms with Crippen molar-refractivity contribution >= 4 is 64.2 Å². The minimum absolute atomic E-state index is 0.124. The number of nitrogens with two attached hydrogens (primary N) is 1. The number of hydrogen-bond donors (Lipinski definition) is 4.